The molecule has 0 spiro atoms. The summed E-state index contributed by atoms with van der Waals surface area (Å²) in [6, 6.07) is 7.11. The summed E-state index contributed by atoms with van der Waals surface area (Å²) in [5.74, 6) is 0.326. The molecule has 0 aliphatic carbocycles. The van der Waals surface area contributed by atoms with Crippen molar-refractivity contribution in [1.82, 2.24) is 30.8 Å². The van der Waals surface area contributed by atoms with Gasteiger partial charge in [0.15, 0.2) is 5.82 Å². The van der Waals surface area contributed by atoms with E-state index in [1.165, 1.54) is 0 Å². The highest BCUT2D eigenvalue weighted by Crippen LogP contribution is 2.56. The number of β-lactam (4-membered cyclic amide) rings is 1. The van der Waals surface area contributed by atoms with E-state index >= 15 is 0 Å². The maximum absolute atomic E-state index is 12.8. The van der Waals surface area contributed by atoms with E-state index in [1.807, 2.05) is 24.3 Å². The molecule has 2 aromatic rings. The monoisotopic (exact) mass is 429 g/mol. The van der Waals surface area contributed by atoms with Crippen LogP contribution >= 0.6 is 11.8 Å². The fourth-order valence-electron chi connectivity index (χ4n) is 4.03. The van der Waals surface area contributed by atoms with Crippen LogP contribution in [0.4, 0.5) is 5.69 Å². The van der Waals surface area contributed by atoms with Crippen LogP contribution in [0, 0.1) is 0 Å². The van der Waals surface area contributed by atoms with Gasteiger partial charge in [-0.25, -0.2) is 5.10 Å². The second-order valence-electron chi connectivity index (χ2n) is 8.25. The second kappa shape index (κ2) is 8.25. The highest BCUT2D eigenvalue weighted by molar-refractivity contribution is 8.01. The van der Waals surface area contributed by atoms with Crippen molar-refractivity contribution >= 4 is 29.3 Å². The van der Waals surface area contributed by atoms with Crippen LogP contribution in [0.5, 0.6) is 0 Å². The lowest BCUT2D eigenvalue weighted by atomic mass is 9.95. The van der Waals surface area contributed by atoms with Crippen molar-refractivity contribution in [2.24, 2.45) is 0 Å². The van der Waals surface area contributed by atoms with Crippen LogP contribution in [-0.4, -0.2) is 60.0 Å². The molecule has 3 atom stereocenters. The van der Waals surface area contributed by atoms with E-state index in [0.717, 1.165) is 30.6 Å². The number of anilines is 1. The van der Waals surface area contributed by atoms with E-state index in [-0.39, 0.29) is 34.4 Å². The zero-order valence-corrected chi connectivity index (χ0v) is 18.2. The number of H-pyrrole nitrogens is 1. The number of unbranched alkanes of at least 4 members (excludes halogenated alkanes) is 1. The first-order valence-electron chi connectivity index (χ1n) is 10.3. The minimum atomic E-state index is -0.516. The molecule has 3 N–H and O–H groups in total. The molecular formula is C20H27N7O2S. The maximum atomic E-state index is 12.8. The Hall–Kier alpha value is -2.62. The summed E-state index contributed by atoms with van der Waals surface area (Å²) in [4.78, 5) is 27.1. The molecule has 2 aliphatic heterocycles. The summed E-state index contributed by atoms with van der Waals surface area (Å²) < 4.78 is -0.262. The van der Waals surface area contributed by atoms with Gasteiger partial charge in [0.05, 0.1) is 6.42 Å². The lowest BCUT2D eigenvalue weighted by Crippen LogP contribution is -2.68. The summed E-state index contributed by atoms with van der Waals surface area (Å²) >= 11 is 1.66. The van der Waals surface area contributed by atoms with Crippen molar-refractivity contribution in [3.8, 4) is 0 Å². The third-order valence-corrected chi connectivity index (χ3v) is 7.13. The number of nitrogens with one attached hydrogen (secondary N) is 3. The smallest absolute Gasteiger partial charge is 0.249 e. The summed E-state index contributed by atoms with van der Waals surface area (Å²) in [5, 5.41) is 20.2. The molecule has 0 saturated carbocycles. The largest absolute Gasteiger partial charge is 0.385 e. The van der Waals surface area contributed by atoms with E-state index in [1.54, 1.807) is 16.7 Å². The van der Waals surface area contributed by atoms with Crippen molar-refractivity contribution in [3.05, 3.63) is 35.7 Å². The van der Waals surface area contributed by atoms with Gasteiger partial charge in [-0.2, -0.15) is 0 Å². The number of fused-ring (bicyclic) bond motifs is 1. The fraction of sp³-hybridized carbons (Fsp3) is 0.550. The number of hydrogen-bond donors (Lipinski definition) is 3. The highest BCUT2D eigenvalue weighted by atomic mass is 32.2. The van der Waals surface area contributed by atoms with E-state index in [0.29, 0.717) is 5.82 Å². The van der Waals surface area contributed by atoms with E-state index in [9.17, 15) is 9.59 Å². The molecule has 3 unspecified atom stereocenters. The Labute approximate surface area is 179 Å². The molecule has 10 heteroatoms. The summed E-state index contributed by atoms with van der Waals surface area (Å²) in [6.07, 6.45) is 2.52. The molecule has 1 aromatic carbocycles. The predicted molar refractivity (Wildman–Crippen MR) is 115 cm³/mol. The molecule has 2 aliphatic rings. The molecular weight excluding hydrogens is 402 g/mol. The van der Waals surface area contributed by atoms with Crippen LogP contribution in [0.1, 0.15) is 51.0 Å². The van der Waals surface area contributed by atoms with Gasteiger partial charge in [0, 0.05) is 17.0 Å². The maximum Gasteiger partial charge on any atom is 0.249 e. The fourth-order valence-corrected chi connectivity index (χ4v) is 5.67. The Balaban J connectivity index is 1.34. The average molecular weight is 430 g/mol. The lowest BCUT2D eigenvalue weighted by molar-refractivity contribution is -0.151. The van der Waals surface area contributed by atoms with Crippen molar-refractivity contribution in [3.63, 3.8) is 0 Å². The van der Waals surface area contributed by atoms with Crippen LogP contribution in [0.25, 0.3) is 0 Å². The van der Waals surface area contributed by atoms with E-state index in [4.69, 9.17) is 0 Å². The summed E-state index contributed by atoms with van der Waals surface area (Å²) in [5.41, 5.74) is 1.97. The van der Waals surface area contributed by atoms with Crippen LogP contribution in [0.2, 0.25) is 0 Å². The van der Waals surface area contributed by atoms with Crippen molar-refractivity contribution < 1.29 is 9.59 Å². The van der Waals surface area contributed by atoms with Gasteiger partial charge >= 0.3 is 0 Å². The Kier molecular flexibility index (Phi) is 5.68. The van der Waals surface area contributed by atoms with Gasteiger partial charge in [-0.05, 0) is 48.4 Å². The number of rotatable bonds is 8. The normalized spacial score (nSPS) is 24.3. The Morgan fingerprint density at radius 2 is 2.07 bits per heavy atom. The molecule has 30 heavy (non-hydrogen) atoms. The third-order valence-electron chi connectivity index (χ3n) is 5.56. The minimum Gasteiger partial charge on any atom is -0.385 e. The molecule has 3 heterocycles. The van der Waals surface area contributed by atoms with Gasteiger partial charge in [0.1, 0.15) is 17.5 Å². The van der Waals surface area contributed by atoms with Gasteiger partial charge in [0.2, 0.25) is 11.8 Å². The average Bonchev–Trinajstić information content (AvgIpc) is 3.32. The van der Waals surface area contributed by atoms with E-state index < -0.39 is 6.04 Å². The SMILES string of the molecule is CCCCNc1ccc(CC(=O)NC2C(=O)N3C2SC(C)(C)C3c2nnn[nH]2)cc1. The third kappa shape index (κ3) is 3.88. The Morgan fingerprint density at radius 3 is 2.73 bits per heavy atom. The zero-order chi connectivity index (χ0) is 21.3. The van der Waals surface area contributed by atoms with Gasteiger partial charge in [-0.3, -0.25) is 9.59 Å². The Bertz CT molecular complexity index is 900. The number of tetrazole rings is 1. The van der Waals surface area contributed by atoms with Crippen LogP contribution < -0.4 is 10.6 Å². The number of carbonyl (C=O) groups is 2. The van der Waals surface area contributed by atoms with Crippen LogP contribution in [-0.2, 0) is 16.0 Å². The van der Waals surface area contributed by atoms with Gasteiger partial charge in [-0.15, -0.1) is 16.9 Å². The molecule has 9 nitrogen and oxygen atoms in total. The standard InChI is InChI=1S/C20H27N7O2S/c1-4-5-10-21-13-8-6-12(7-9-13)11-14(28)22-15-18(29)27-16(17-23-25-26-24-17)20(2,3)30-19(15)27/h6-9,15-16,19,21H,4-5,10-11H2,1-3H3,(H,22,28)(H,23,24,25,26). The minimum absolute atomic E-state index is 0.0942. The molecule has 2 saturated heterocycles. The number of aromatic nitrogens is 4. The Morgan fingerprint density at radius 1 is 1.30 bits per heavy atom. The predicted octanol–water partition coefficient (Wildman–Crippen LogP) is 1.87. The first-order valence-corrected chi connectivity index (χ1v) is 11.1. The molecule has 0 radical (unpaired) electrons. The number of hydrogen-bond acceptors (Lipinski definition) is 7. The molecule has 2 amide bonds. The first-order chi connectivity index (χ1) is 14.4. The molecule has 1 aromatic heterocycles. The summed E-state index contributed by atoms with van der Waals surface area (Å²) in [6.45, 7) is 7.22. The topological polar surface area (TPSA) is 116 Å². The van der Waals surface area contributed by atoms with Crippen LogP contribution in [0.15, 0.2) is 24.3 Å². The number of amides is 2. The quantitative estimate of drug-likeness (QED) is 0.433. The van der Waals surface area contributed by atoms with Crippen molar-refractivity contribution in [2.45, 2.75) is 62.2 Å². The lowest BCUT2D eigenvalue weighted by Gasteiger charge is -2.44. The first kappa shape index (κ1) is 20.6. The zero-order valence-electron chi connectivity index (χ0n) is 17.4. The summed E-state index contributed by atoms with van der Waals surface area (Å²) in [7, 11) is 0. The highest BCUT2D eigenvalue weighted by Gasteiger charge is 2.63. The molecule has 2 fully saturated rings. The number of carbonyl (C=O) groups excluding carboxylic acids is 2. The number of nitrogens with zero attached hydrogens (tertiary/aromatic N) is 4. The number of thioether (sulfide) groups is 1. The van der Waals surface area contributed by atoms with Crippen LogP contribution in [0.3, 0.4) is 0 Å². The molecule has 4 rings (SSSR count). The van der Waals surface area contributed by atoms with Crippen molar-refractivity contribution in [1.29, 1.82) is 0 Å². The number of benzene rings is 1. The number of aromatic amines is 1. The molecule has 160 valence electrons. The molecule has 0 bridgehead atoms. The van der Waals surface area contributed by atoms with Gasteiger partial charge in [0.25, 0.3) is 0 Å². The van der Waals surface area contributed by atoms with Crippen molar-refractivity contribution in [2.75, 3.05) is 11.9 Å². The second-order valence-corrected chi connectivity index (χ2v) is 10.0. The van der Waals surface area contributed by atoms with E-state index in [2.05, 4.69) is 52.0 Å². The van der Waals surface area contributed by atoms with Gasteiger partial charge in [-0.1, -0.05) is 25.5 Å². The van der Waals surface area contributed by atoms with Gasteiger partial charge < -0.3 is 15.5 Å².